The van der Waals surface area contributed by atoms with Crippen LogP contribution in [0, 0.1) is 5.92 Å². The van der Waals surface area contributed by atoms with Gasteiger partial charge in [-0.2, -0.15) is 0 Å². The molecule has 1 N–H and O–H groups in total. The Morgan fingerprint density at radius 2 is 2.12 bits per heavy atom. The number of hydrogen-bond acceptors (Lipinski definition) is 1. The van der Waals surface area contributed by atoms with Crippen LogP contribution in [0.2, 0.25) is 0 Å². The van der Waals surface area contributed by atoms with Gasteiger partial charge in [-0.3, -0.25) is 0 Å². The molecule has 0 aromatic carbocycles. The first kappa shape index (κ1) is 12.6. The zero-order valence-electron chi connectivity index (χ0n) is 9.94. The summed E-state index contributed by atoms with van der Waals surface area (Å²) in [4.78, 5) is 12.7. The van der Waals surface area contributed by atoms with Crippen molar-refractivity contribution in [3.63, 3.8) is 0 Å². The van der Waals surface area contributed by atoms with Crippen molar-refractivity contribution in [1.82, 2.24) is 4.90 Å². The molecular weight excluding hydrogens is 202 g/mol. The molecule has 0 saturated heterocycles. The highest BCUT2D eigenvalue weighted by Crippen LogP contribution is 2.30. The van der Waals surface area contributed by atoms with Gasteiger partial charge in [-0.25, -0.2) is 4.79 Å². The van der Waals surface area contributed by atoms with E-state index in [-0.39, 0.29) is 12.0 Å². The van der Waals surface area contributed by atoms with Crippen molar-refractivity contribution in [1.29, 1.82) is 0 Å². The number of carbonyl (C=O) groups is 1. The summed E-state index contributed by atoms with van der Waals surface area (Å²) in [5.74, 6) is 0.236. The van der Waals surface area contributed by atoms with E-state index in [1.165, 1.54) is 4.90 Å². The third-order valence-corrected chi connectivity index (χ3v) is 2.99. The SMILES string of the molecule is C=CC1=C(C=C)[C@H](C(C)C)N(C(=O)O)CC1. The van der Waals surface area contributed by atoms with Gasteiger partial charge in [0.05, 0.1) is 6.04 Å². The van der Waals surface area contributed by atoms with E-state index < -0.39 is 6.09 Å². The van der Waals surface area contributed by atoms with Gasteiger partial charge >= 0.3 is 6.09 Å². The second-order valence-electron chi connectivity index (χ2n) is 4.30. The number of allylic oxidation sites excluding steroid dienone is 1. The Morgan fingerprint density at radius 1 is 1.50 bits per heavy atom. The fourth-order valence-corrected chi connectivity index (χ4v) is 2.29. The van der Waals surface area contributed by atoms with Crippen LogP contribution in [-0.2, 0) is 0 Å². The second-order valence-corrected chi connectivity index (χ2v) is 4.30. The Balaban J connectivity index is 3.19. The molecule has 0 aliphatic carbocycles. The monoisotopic (exact) mass is 221 g/mol. The molecule has 0 aromatic rings. The lowest BCUT2D eigenvalue weighted by Gasteiger charge is -2.38. The number of rotatable bonds is 3. The van der Waals surface area contributed by atoms with Crippen molar-refractivity contribution < 1.29 is 9.90 Å². The lowest BCUT2D eigenvalue weighted by atomic mass is 9.86. The molecule has 3 nitrogen and oxygen atoms in total. The standard InChI is InChI=1S/C13H19NO2/c1-5-10-7-8-14(13(15)16)12(9(3)4)11(10)6-2/h5-6,9,12H,1-2,7-8H2,3-4H3,(H,15,16)/t12-/m0/s1. The highest BCUT2D eigenvalue weighted by Gasteiger charge is 2.32. The van der Waals surface area contributed by atoms with Gasteiger partial charge in [0.15, 0.2) is 0 Å². The number of amides is 1. The van der Waals surface area contributed by atoms with E-state index >= 15 is 0 Å². The molecule has 1 heterocycles. The Bertz CT molecular complexity index is 342. The summed E-state index contributed by atoms with van der Waals surface area (Å²) < 4.78 is 0. The molecule has 16 heavy (non-hydrogen) atoms. The van der Waals surface area contributed by atoms with Crippen LogP contribution in [0.5, 0.6) is 0 Å². The largest absolute Gasteiger partial charge is 0.465 e. The molecule has 3 heteroatoms. The lowest BCUT2D eigenvalue weighted by Crippen LogP contribution is -2.46. The van der Waals surface area contributed by atoms with Crippen LogP contribution >= 0.6 is 0 Å². The van der Waals surface area contributed by atoms with Crippen molar-refractivity contribution in [3.8, 4) is 0 Å². The first-order valence-corrected chi connectivity index (χ1v) is 5.50. The maximum Gasteiger partial charge on any atom is 0.407 e. The summed E-state index contributed by atoms with van der Waals surface area (Å²) in [6.07, 6.45) is 3.43. The quantitative estimate of drug-likeness (QED) is 0.795. The third kappa shape index (κ3) is 2.18. The van der Waals surface area contributed by atoms with Crippen LogP contribution in [0.4, 0.5) is 4.79 Å². The zero-order valence-corrected chi connectivity index (χ0v) is 9.94. The maximum absolute atomic E-state index is 11.2. The molecule has 1 aliphatic heterocycles. The molecular formula is C13H19NO2. The van der Waals surface area contributed by atoms with Crippen LogP contribution < -0.4 is 0 Å². The molecule has 88 valence electrons. The van der Waals surface area contributed by atoms with E-state index in [2.05, 4.69) is 13.2 Å². The fourth-order valence-electron chi connectivity index (χ4n) is 2.29. The summed E-state index contributed by atoms with van der Waals surface area (Å²) in [5.41, 5.74) is 2.12. The summed E-state index contributed by atoms with van der Waals surface area (Å²) >= 11 is 0. The van der Waals surface area contributed by atoms with E-state index in [1.807, 2.05) is 19.9 Å². The number of hydrogen-bond donors (Lipinski definition) is 1. The zero-order chi connectivity index (χ0) is 12.3. The Kier molecular flexibility index (Phi) is 3.93. The number of nitrogens with zero attached hydrogens (tertiary/aromatic N) is 1. The van der Waals surface area contributed by atoms with E-state index in [9.17, 15) is 9.90 Å². The van der Waals surface area contributed by atoms with Gasteiger partial charge in [0.1, 0.15) is 0 Å². The minimum absolute atomic E-state index is 0.100. The van der Waals surface area contributed by atoms with E-state index in [0.29, 0.717) is 6.54 Å². The van der Waals surface area contributed by atoms with Gasteiger partial charge < -0.3 is 10.0 Å². The van der Waals surface area contributed by atoms with Gasteiger partial charge in [-0.1, -0.05) is 39.2 Å². The molecule has 1 amide bonds. The van der Waals surface area contributed by atoms with Gasteiger partial charge in [-0.05, 0) is 23.5 Å². The molecule has 0 fully saturated rings. The van der Waals surface area contributed by atoms with E-state index in [4.69, 9.17) is 0 Å². The molecule has 1 rings (SSSR count). The minimum Gasteiger partial charge on any atom is -0.465 e. The molecule has 0 radical (unpaired) electrons. The molecule has 0 aromatic heterocycles. The minimum atomic E-state index is -0.860. The third-order valence-electron chi connectivity index (χ3n) is 2.99. The summed E-state index contributed by atoms with van der Waals surface area (Å²) in [6.45, 7) is 12.1. The predicted octanol–water partition coefficient (Wildman–Crippen LogP) is 3.06. The van der Waals surface area contributed by atoms with Crippen LogP contribution in [-0.4, -0.2) is 28.7 Å². The molecule has 1 aliphatic rings. The first-order valence-electron chi connectivity index (χ1n) is 5.50. The normalized spacial score (nSPS) is 21.2. The average molecular weight is 221 g/mol. The highest BCUT2D eigenvalue weighted by molar-refractivity contribution is 5.67. The van der Waals surface area contributed by atoms with Crippen molar-refractivity contribution >= 4 is 6.09 Å². The molecule has 1 atom stereocenters. The van der Waals surface area contributed by atoms with Gasteiger partial charge in [0.2, 0.25) is 0 Å². The van der Waals surface area contributed by atoms with Crippen LogP contribution in [0.1, 0.15) is 20.3 Å². The first-order chi connectivity index (χ1) is 7.52. The highest BCUT2D eigenvalue weighted by atomic mass is 16.4. The summed E-state index contributed by atoms with van der Waals surface area (Å²) in [7, 11) is 0. The van der Waals surface area contributed by atoms with Crippen molar-refractivity contribution in [2.75, 3.05) is 6.54 Å². The smallest absolute Gasteiger partial charge is 0.407 e. The topological polar surface area (TPSA) is 40.5 Å². The van der Waals surface area contributed by atoms with Crippen LogP contribution in [0.3, 0.4) is 0 Å². The molecule has 0 spiro atoms. The number of carboxylic acid groups (broad SMARTS) is 1. The summed E-state index contributed by atoms with van der Waals surface area (Å²) in [5, 5.41) is 9.17. The maximum atomic E-state index is 11.2. The van der Waals surface area contributed by atoms with Crippen LogP contribution in [0.15, 0.2) is 36.5 Å². The van der Waals surface area contributed by atoms with Crippen molar-refractivity contribution in [2.24, 2.45) is 5.92 Å². The molecule has 0 bridgehead atoms. The Morgan fingerprint density at radius 3 is 2.50 bits per heavy atom. The Hall–Kier alpha value is -1.51. The van der Waals surface area contributed by atoms with Crippen LogP contribution in [0.25, 0.3) is 0 Å². The van der Waals surface area contributed by atoms with E-state index in [0.717, 1.165) is 17.6 Å². The van der Waals surface area contributed by atoms with Gasteiger partial charge in [-0.15, -0.1) is 0 Å². The second kappa shape index (κ2) is 5.01. The van der Waals surface area contributed by atoms with E-state index in [1.54, 1.807) is 6.08 Å². The Labute approximate surface area is 96.8 Å². The molecule has 0 unspecified atom stereocenters. The molecule has 0 saturated carbocycles. The van der Waals surface area contributed by atoms with Crippen molar-refractivity contribution in [3.05, 3.63) is 36.5 Å². The summed E-state index contributed by atoms with van der Waals surface area (Å²) in [6, 6.07) is -0.100. The van der Waals surface area contributed by atoms with Gasteiger partial charge in [0.25, 0.3) is 0 Å². The fraction of sp³-hybridized carbons (Fsp3) is 0.462. The van der Waals surface area contributed by atoms with Crippen molar-refractivity contribution in [2.45, 2.75) is 26.3 Å². The predicted molar refractivity (Wildman–Crippen MR) is 65.4 cm³/mol. The average Bonchev–Trinajstić information content (AvgIpc) is 2.26. The van der Waals surface area contributed by atoms with Gasteiger partial charge in [0, 0.05) is 6.54 Å². The lowest BCUT2D eigenvalue weighted by molar-refractivity contribution is 0.117.